The van der Waals surface area contributed by atoms with E-state index in [2.05, 4.69) is 5.32 Å². The number of phenols is 1. The van der Waals surface area contributed by atoms with E-state index in [4.69, 9.17) is 5.11 Å². The molecule has 2 aromatic carbocycles. The number of carboxylic acids is 1. The minimum Gasteiger partial charge on any atom is -0.507 e. The SMILES string of the molecule is O=C(CCc1cccc(C(F)(F)F)c1)Nc1ccc(C(=O)O)c(O)c1. The van der Waals surface area contributed by atoms with Crippen molar-refractivity contribution in [1.82, 2.24) is 0 Å². The third kappa shape index (κ3) is 4.97. The zero-order chi connectivity index (χ0) is 18.6. The Morgan fingerprint density at radius 1 is 1.08 bits per heavy atom. The first-order valence-electron chi connectivity index (χ1n) is 7.19. The van der Waals surface area contributed by atoms with Gasteiger partial charge in [-0.15, -0.1) is 0 Å². The minimum atomic E-state index is -4.44. The number of benzene rings is 2. The number of alkyl halides is 3. The Bertz CT molecular complexity index is 803. The van der Waals surface area contributed by atoms with Crippen LogP contribution in [-0.4, -0.2) is 22.1 Å². The van der Waals surface area contributed by atoms with Gasteiger partial charge in [-0.05, 0) is 30.2 Å². The van der Waals surface area contributed by atoms with Gasteiger partial charge in [0.2, 0.25) is 5.91 Å². The maximum Gasteiger partial charge on any atom is 0.416 e. The molecule has 0 aliphatic heterocycles. The van der Waals surface area contributed by atoms with E-state index in [1.54, 1.807) is 0 Å². The van der Waals surface area contributed by atoms with Gasteiger partial charge in [0.15, 0.2) is 0 Å². The Morgan fingerprint density at radius 2 is 1.80 bits per heavy atom. The van der Waals surface area contributed by atoms with Crippen LogP contribution >= 0.6 is 0 Å². The Hall–Kier alpha value is -3.03. The van der Waals surface area contributed by atoms with Gasteiger partial charge in [0.1, 0.15) is 11.3 Å². The molecule has 2 rings (SSSR count). The van der Waals surface area contributed by atoms with Crippen LogP contribution in [0, 0.1) is 0 Å². The van der Waals surface area contributed by atoms with Crippen LogP contribution in [-0.2, 0) is 17.4 Å². The van der Waals surface area contributed by atoms with E-state index in [-0.39, 0.29) is 24.1 Å². The predicted molar refractivity (Wildman–Crippen MR) is 83.5 cm³/mol. The summed E-state index contributed by atoms with van der Waals surface area (Å²) in [6.45, 7) is 0. The third-order valence-corrected chi connectivity index (χ3v) is 3.41. The Balaban J connectivity index is 1.97. The number of carbonyl (C=O) groups is 2. The van der Waals surface area contributed by atoms with E-state index in [0.717, 1.165) is 24.3 Å². The molecule has 0 saturated heterocycles. The van der Waals surface area contributed by atoms with Gasteiger partial charge in [-0.1, -0.05) is 18.2 Å². The second-order valence-electron chi connectivity index (χ2n) is 5.28. The van der Waals surface area contributed by atoms with E-state index in [0.29, 0.717) is 5.56 Å². The lowest BCUT2D eigenvalue weighted by Gasteiger charge is -2.09. The Labute approximate surface area is 140 Å². The molecule has 0 saturated carbocycles. The molecule has 8 heteroatoms. The number of amides is 1. The molecule has 1 amide bonds. The molecule has 0 unspecified atom stereocenters. The fourth-order valence-corrected chi connectivity index (χ4v) is 2.17. The standard InChI is InChI=1S/C17H14F3NO4/c18-17(19,20)11-3-1-2-10(8-11)4-7-15(23)21-12-5-6-13(16(24)25)14(22)9-12/h1-3,5-6,8-9,22H,4,7H2,(H,21,23)(H,24,25). The lowest BCUT2D eigenvalue weighted by Crippen LogP contribution is -2.13. The topological polar surface area (TPSA) is 86.6 Å². The molecule has 0 atom stereocenters. The molecule has 0 aromatic heterocycles. The van der Waals surface area contributed by atoms with E-state index in [1.165, 1.54) is 18.2 Å². The van der Waals surface area contributed by atoms with Gasteiger partial charge < -0.3 is 15.5 Å². The number of carbonyl (C=O) groups excluding carboxylic acids is 1. The van der Waals surface area contributed by atoms with Gasteiger partial charge in [0.05, 0.1) is 5.56 Å². The summed E-state index contributed by atoms with van der Waals surface area (Å²) in [5.41, 5.74) is -0.521. The number of hydrogen-bond acceptors (Lipinski definition) is 3. The fourth-order valence-electron chi connectivity index (χ4n) is 2.17. The summed E-state index contributed by atoms with van der Waals surface area (Å²) < 4.78 is 37.9. The second-order valence-corrected chi connectivity index (χ2v) is 5.28. The lowest BCUT2D eigenvalue weighted by atomic mass is 10.1. The minimum absolute atomic E-state index is 0.0667. The molecular formula is C17H14F3NO4. The predicted octanol–water partition coefficient (Wildman–Crippen LogP) is 3.68. The summed E-state index contributed by atoms with van der Waals surface area (Å²) >= 11 is 0. The van der Waals surface area contributed by atoms with Crippen LogP contribution in [0.3, 0.4) is 0 Å². The van der Waals surface area contributed by atoms with Crippen LogP contribution in [0.1, 0.15) is 27.9 Å². The molecule has 0 radical (unpaired) electrons. The van der Waals surface area contributed by atoms with Crippen LogP contribution in [0.15, 0.2) is 42.5 Å². The quantitative estimate of drug-likeness (QED) is 0.765. The summed E-state index contributed by atoms with van der Waals surface area (Å²) in [4.78, 5) is 22.7. The summed E-state index contributed by atoms with van der Waals surface area (Å²) in [5, 5.41) is 20.8. The smallest absolute Gasteiger partial charge is 0.416 e. The third-order valence-electron chi connectivity index (χ3n) is 3.41. The van der Waals surface area contributed by atoms with Crippen LogP contribution < -0.4 is 5.32 Å². The van der Waals surface area contributed by atoms with Crippen LogP contribution in [0.2, 0.25) is 0 Å². The van der Waals surface area contributed by atoms with Crippen molar-refractivity contribution in [3.63, 3.8) is 0 Å². The van der Waals surface area contributed by atoms with Gasteiger partial charge >= 0.3 is 12.1 Å². The summed E-state index contributed by atoms with van der Waals surface area (Å²) in [6, 6.07) is 8.25. The highest BCUT2D eigenvalue weighted by Gasteiger charge is 2.30. The molecule has 0 bridgehead atoms. The Morgan fingerprint density at radius 3 is 2.40 bits per heavy atom. The molecule has 0 heterocycles. The number of nitrogens with one attached hydrogen (secondary N) is 1. The Kier molecular flexibility index (Phi) is 5.31. The number of aromatic hydroxyl groups is 1. The number of anilines is 1. The molecule has 0 aliphatic carbocycles. The van der Waals surface area contributed by atoms with Gasteiger partial charge in [0.25, 0.3) is 0 Å². The van der Waals surface area contributed by atoms with Crippen molar-refractivity contribution in [2.45, 2.75) is 19.0 Å². The first-order chi connectivity index (χ1) is 11.7. The van der Waals surface area contributed by atoms with Gasteiger partial charge in [-0.25, -0.2) is 4.79 Å². The largest absolute Gasteiger partial charge is 0.507 e. The monoisotopic (exact) mass is 353 g/mol. The first-order valence-corrected chi connectivity index (χ1v) is 7.19. The number of rotatable bonds is 5. The average molecular weight is 353 g/mol. The van der Waals surface area contributed by atoms with Crippen molar-refractivity contribution in [2.24, 2.45) is 0 Å². The number of aromatic carboxylic acids is 1. The molecule has 0 aliphatic rings. The van der Waals surface area contributed by atoms with Crippen molar-refractivity contribution < 1.29 is 33.0 Å². The summed E-state index contributed by atoms with van der Waals surface area (Å²) in [7, 11) is 0. The number of halogens is 3. The van der Waals surface area contributed by atoms with E-state index < -0.39 is 29.4 Å². The maximum absolute atomic E-state index is 12.6. The van der Waals surface area contributed by atoms with Crippen molar-refractivity contribution in [2.75, 3.05) is 5.32 Å². The normalized spacial score (nSPS) is 11.2. The van der Waals surface area contributed by atoms with Gasteiger partial charge in [-0.3, -0.25) is 4.79 Å². The zero-order valence-electron chi connectivity index (χ0n) is 12.8. The highest BCUT2D eigenvalue weighted by Crippen LogP contribution is 2.29. The maximum atomic E-state index is 12.6. The summed E-state index contributed by atoms with van der Waals surface area (Å²) in [6.07, 6.45) is -4.40. The highest BCUT2D eigenvalue weighted by molar-refractivity contribution is 5.94. The molecular weight excluding hydrogens is 339 g/mol. The first kappa shape index (κ1) is 18.3. The number of aryl methyl sites for hydroxylation is 1. The molecule has 5 nitrogen and oxygen atoms in total. The van der Waals surface area contributed by atoms with Crippen molar-refractivity contribution >= 4 is 17.6 Å². The van der Waals surface area contributed by atoms with Crippen molar-refractivity contribution in [1.29, 1.82) is 0 Å². The average Bonchev–Trinajstić information content (AvgIpc) is 2.52. The van der Waals surface area contributed by atoms with E-state index >= 15 is 0 Å². The van der Waals surface area contributed by atoms with Gasteiger partial charge in [-0.2, -0.15) is 13.2 Å². The fraction of sp³-hybridized carbons (Fsp3) is 0.176. The molecule has 0 fully saturated rings. The van der Waals surface area contributed by atoms with Crippen molar-refractivity contribution in [3.05, 3.63) is 59.2 Å². The second kappa shape index (κ2) is 7.25. The van der Waals surface area contributed by atoms with Crippen molar-refractivity contribution in [3.8, 4) is 5.75 Å². The number of hydrogen-bond donors (Lipinski definition) is 3. The van der Waals surface area contributed by atoms with Gasteiger partial charge in [0, 0.05) is 18.2 Å². The molecule has 25 heavy (non-hydrogen) atoms. The van der Waals surface area contributed by atoms with Crippen LogP contribution in [0.4, 0.5) is 18.9 Å². The molecule has 3 N–H and O–H groups in total. The summed E-state index contributed by atoms with van der Waals surface area (Å²) in [5.74, 6) is -2.28. The molecule has 2 aromatic rings. The van der Waals surface area contributed by atoms with Crippen LogP contribution in [0.5, 0.6) is 5.75 Å². The van der Waals surface area contributed by atoms with E-state index in [9.17, 15) is 27.9 Å². The molecule has 0 spiro atoms. The van der Waals surface area contributed by atoms with E-state index in [1.807, 2.05) is 0 Å². The highest BCUT2D eigenvalue weighted by atomic mass is 19.4. The number of carboxylic acid groups (broad SMARTS) is 1. The van der Waals surface area contributed by atoms with Crippen LogP contribution in [0.25, 0.3) is 0 Å². The molecule has 132 valence electrons. The lowest BCUT2D eigenvalue weighted by molar-refractivity contribution is -0.137. The zero-order valence-corrected chi connectivity index (χ0v) is 12.8.